The molecule has 2 aromatic carbocycles. The molecule has 2 heterocycles. The molecule has 0 unspecified atom stereocenters. The van der Waals surface area contributed by atoms with E-state index in [9.17, 15) is 9.59 Å². The van der Waals surface area contributed by atoms with Crippen molar-refractivity contribution in [2.24, 2.45) is 0 Å². The largest absolute Gasteiger partial charge is 0.322 e. The highest BCUT2D eigenvalue weighted by Crippen LogP contribution is 2.40. The third-order valence-electron chi connectivity index (χ3n) is 4.13. The Morgan fingerprint density at radius 1 is 1.08 bits per heavy atom. The molecule has 1 aliphatic rings. The van der Waals surface area contributed by atoms with E-state index < -0.39 is 0 Å². The van der Waals surface area contributed by atoms with E-state index in [-0.39, 0.29) is 11.8 Å². The van der Waals surface area contributed by atoms with Crippen molar-refractivity contribution in [3.05, 3.63) is 78.0 Å². The summed E-state index contributed by atoms with van der Waals surface area (Å²) in [6.07, 6.45) is 1.66. The molecule has 5 nitrogen and oxygen atoms in total. The fourth-order valence-electron chi connectivity index (χ4n) is 2.77. The van der Waals surface area contributed by atoms with Gasteiger partial charge in [0.15, 0.2) is 0 Å². The summed E-state index contributed by atoms with van der Waals surface area (Å²) in [7, 11) is 1.73. The number of nitrogens with zero attached hydrogens (tertiary/aromatic N) is 2. The van der Waals surface area contributed by atoms with Gasteiger partial charge in [0.25, 0.3) is 11.8 Å². The predicted octanol–water partition coefficient (Wildman–Crippen LogP) is 4.08. The van der Waals surface area contributed by atoms with Crippen LogP contribution >= 0.6 is 11.8 Å². The molecule has 0 saturated heterocycles. The van der Waals surface area contributed by atoms with E-state index in [1.165, 1.54) is 11.8 Å². The second kappa shape index (κ2) is 6.65. The van der Waals surface area contributed by atoms with Gasteiger partial charge in [-0.25, -0.2) is 4.98 Å². The van der Waals surface area contributed by atoms with Gasteiger partial charge in [-0.2, -0.15) is 0 Å². The van der Waals surface area contributed by atoms with Gasteiger partial charge in [-0.05, 0) is 42.5 Å². The summed E-state index contributed by atoms with van der Waals surface area (Å²) in [6, 6.07) is 18.1. The molecule has 0 bridgehead atoms. The number of hydrogen-bond acceptors (Lipinski definition) is 4. The smallest absolute Gasteiger partial charge is 0.260 e. The SMILES string of the molecule is CN1C(=O)c2cccnc2Sc2cc(C(=O)Nc3ccccc3)ccc21. The number of fused-ring (bicyclic) bond motifs is 2. The Hall–Kier alpha value is -3.12. The Kier molecular flexibility index (Phi) is 4.18. The summed E-state index contributed by atoms with van der Waals surface area (Å²) in [5.41, 5.74) is 2.58. The number of carbonyl (C=O) groups is 2. The number of hydrogen-bond donors (Lipinski definition) is 1. The number of carbonyl (C=O) groups excluding carboxylic acids is 2. The van der Waals surface area contributed by atoms with Gasteiger partial charge in [0.1, 0.15) is 5.03 Å². The minimum Gasteiger partial charge on any atom is -0.322 e. The van der Waals surface area contributed by atoms with E-state index in [1.54, 1.807) is 48.5 Å². The van der Waals surface area contributed by atoms with Crippen LogP contribution in [-0.2, 0) is 0 Å². The summed E-state index contributed by atoms with van der Waals surface area (Å²) in [5.74, 6) is -0.306. The van der Waals surface area contributed by atoms with Crippen molar-refractivity contribution >= 4 is 35.0 Å². The summed E-state index contributed by atoms with van der Waals surface area (Å²) in [6.45, 7) is 0. The molecule has 128 valence electrons. The number of benzene rings is 2. The molecule has 6 heteroatoms. The Morgan fingerprint density at radius 2 is 1.88 bits per heavy atom. The van der Waals surface area contributed by atoms with Crippen molar-refractivity contribution in [3.8, 4) is 0 Å². The van der Waals surface area contributed by atoms with E-state index >= 15 is 0 Å². The van der Waals surface area contributed by atoms with Gasteiger partial charge in [0.2, 0.25) is 0 Å². The first kappa shape index (κ1) is 16.4. The third kappa shape index (κ3) is 2.95. The van der Waals surface area contributed by atoms with Crippen LogP contribution in [0.25, 0.3) is 0 Å². The molecular formula is C20H15N3O2S. The number of anilines is 2. The summed E-state index contributed by atoms with van der Waals surface area (Å²) < 4.78 is 0. The number of para-hydroxylation sites is 1. The number of rotatable bonds is 2. The monoisotopic (exact) mass is 361 g/mol. The topological polar surface area (TPSA) is 62.3 Å². The van der Waals surface area contributed by atoms with Crippen molar-refractivity contribution in [3.63, 3.8) is 0 Å². The van der Waals surface area contributed by atoms with Crippen LogP contribution in [0.5, 0.6) is 0 Å². The maximum absolute atomic E-state index is 12.7. The highest BCUT2D eigenvalue weighted by molar-refractivity contribution is 7.99. The quantitative estimate of drug-likeness (QED) is 0.747. The summed E-state index contributed by atoms with van der Waals surface area (Å²) in [5, 5.41) is 3.52. The molecule has 26 heavy (non-hydrogen) atoms. The van der Waals surface area contributed by atoms with Crippen LogP contribution in [0.4, 0.5) is 11.4 Å². The molecule has 0 spiro atoms. The highest BCUT2D eigenvalue weighted by atomic mass is 32.2. The van der Waals surface area contributed by atoms with Crippen molar-refractivity contribution < 1.29 is 9.59 Å². The average molecular weight is 361 g/mol. The first-order valence-electron chi connectivity index (χ1n) is 8.05. The second-order valence-corrected chi connectivity index (χ2v) is 6.86. The predicted molar refractivity (Wildman–Crippen MR) is 102 cm³/mol. The first-order valence-corrected chi connectivity index (χ1v) is 8.86. The van der Waals surface area contributed by atoms with Crippen LogP contribution in [0.1, 0.15) is 20.7 Å². The van der Waals surface area contributed by atoms with Gasteiger partial charge >= 0.3 is 0 Å². The van der Waals surface area contributed by atoms with E-state index in [0.717, 1.165) is 16.3 Å². The fraction of sp³-hybridized carbons (Fsp3) is 0.0500. The number of pyridine rings is 1. The molecule has 0 atom stereocenters. The lowest BCUT2D eigenvalue weighted by Crippen LogP contribution is -2.26. The zero-order valence-corrected chi connectivity index (χ0v) is 14.8. The van der Waals surface area contributed by atoms with Crippen molar-refractivity contribution in [2.75, 3.05) is 17.3 Å². The maximum Gasteiger partial charge on any atom is 0.260 e. The van der Waals surface area contributed by atoms with Gasteiger partial charge in [0.05, 0.1) is 11.3 Å². The Bertz CT molecular complexity index is 1000. The van der Waals surface area contributed by atoms with Crippen LogP contribution < -0.4 is 10.2 Å². The Balaban J connectivity index is 1.70. The van der Waals surface area contributed by atoms with E-state index in [0.29, 0.717) is 16.2 Å². The number of aromatic nitrogens is 1. The minimum atomic E-state index is -0.195. The molecule has 3 aromatic rings. The van der Waals surface area contributed by atoms with Gasteiger partial charge in [-0.15, -0.1) is 0 Å². The molecule has 4 rings (SSSR count). The lowest BCUT2D eigenvalue weighted by atomic mass is 10.1. The third-order valence-corrected chi connectivity index (χ3v) is 5.19. The zero-order chi connectivity index (χ0) is 18.1. The van der Waals surface area contributed by atoms with E-state index in [1.807, 2.05) is 30.3 Å². The van der Waals surface area contributed by atoms with E-state index in [4.69, 9.17) is 0 Å². The molecule has 1 aromatic heterocycles. The maximum atomic E-state index is 12.7. The van der Waals surface area contributed by atoms with Crippen LogP contribution in [0, 0.1) is 0 Å². The molecule has 2 amide bonds. The average Bonchev–Trinajstić information content (AvgIpc) is 2.77. The molecule has 0 radical (unpaired) electrons. The molecule has 1 N–H and O–H groups in total. The lowest BCUT2D eigenvalue weighted by Gasteiger charge is -2.17. The Morgan fingerprint density at radius 3 is 2.69 bits per heavy atom. The number of amides is 2. The standard InChI is InChI=1S/C20H15N3O2S/c1-23-16-10-9-13(18(24)22-14-6-3-2-4-7-14)12-17(16)26-19-15(20(23)25)8-5-11-21-19/h2-12H,1H3,(H,22,24). The Labute approximate surface area is 155 Å². The molecule has 0 saturated carbocycles. The van der Waals surface area contributed by atoms with Crippen LogP contribution in [0.15, 0.2) is 76.8 Å². The van der Waals surface area contributed by atoms with Gasteiger partial charge in [0, 0.05) is 29.4 Å². The lowest BCUT2D eigenvalue weighted by molar-refractivity contribution is 0.0988. The number of nitrogens with one attached hydrogen (secondary N) is 1. The zero-order valence-electron chi connectivity index (χ0n) is 14.0. The summed E-state index contributed by atoms with van der Waals surface area (Å²) >= 11 is 1.40. The van der Waals surface area contributed by atoms with Gasteiger partial charge in [-0.3, -0.25) is 9.59 Å². The molecule has 0 aliphatic carbocycles. The molecule has 1 aliphatic heterocycles. The first-order chi connectivity index (χ1) is 12.6. The highest BCUT2D eigenvalue weighted by Gasteiger charge is 2.26. The second-order valence-electron chi connectivity index (χ2n) is 5.83. The van der Waals surface area contributed by atoms with E-state index in [2.05, 4.69) is 10.3 Å². The van der Waals surface area contributed by atoms with Crippen LogP contribution in [-0.4, -0.2) is 23.8 Å². The van der Waals surface area contributed by atoms with Gasteiger partial charge in [-0.1, -0.05) is 30.0 Å². The van der Waals surface area contributed by atoms with Crippen molar-refractivity contribution in [2.45, 2.75) is 9.92 Å². The van der Waals surface area contributed by atoms with Gasteiger partial charge < -0.3 is 10.2 Å². The minimum absolute atomic E-state index is 0.110. The molecule has 0 fully saturated rings. The van der Waals surface area contributed by atoms with Crippen molar-refractivity contribution in [1.29, 1.82) is 0 Å². The fourth-order valence-corrected chi connectivity index (χ4v) is 3.85. The normalized spacial score (nSPS) is 12.8. The molecular weight excluding hydrogens is 346 g/mol. The van der Waals surface area contributed by atoms with Crippen LogP contribution in [0.3, 0.4) is 0 Å². The summed E-state index contributed by atoms with van der Waals surface area (Å²) in [4.78, 5) is 31.9. The van der Waals surface area contributed by atoms with Crippen molar-refractivity contribution in [1.82, 2.24) is 4.98 Å². The van der Waals surface area contributed by atoms with Crippen LogP contribution in [0.2, 0.25) is 0 Å².